The molecule has 1 aliphatic heterocycles. The quantitative estimate of drug-likeness (QED) is 0.923. The normalized spacial score (nSPS) is 22.4. The summed E-state index contributed by atoms with van der Waals surface area (Å²) in [6, 6.07) is 7.55. The van der Waals surface area contributed by atoms with Crippen LogP contribution in [0.4, 0.5) is 0 Å². The second kappa shape index (κ2) is 5.63. The molecule has 1 spiro atoms. The van der Waals surface area contributed by atoms with Crippen LogP contribution in [0.25, 0.3) is 0 Å². The van der Waals surface area contributed by atoms with Gasteiger partial charge in [-0.25, -0.2) is 0 Å². The van der Waals surface area contributed by atoms with E-state index < -0.39 is 5.97 Å². The minimum absolute atomic E-state index is 0.0292. The van der Waals surface area contributed by atoms with Crippen LogP contribution >= 0.6 is 0 Å². The molecule has 1 saturated heterocycles. The van der Waals surface area contributed by atoms with Crippen molar-refractivity contribution in [3.8, 4) is 5.75 Å². The standard InChI is InChI=1S/C17H21NO4/c1-22-13-4-2-3-12(9-13)10-15(19)18-7-5-17(6-8-18)11-14(17)16(20)21/h2-4,9,14H,5-8,10-11H2,1H3,(H,20,21). The predicted octanol–water partition coefficient (Wildman–Crippen LogP) is 1.95. The fourth-order valence-electron chi connectivity index (χ4n) is 3.52. The van der Waals surface area contributed by atoms with E-state index in [1.807, 2.05) is 29.2 Å². The number of carboxylic acid groups (broad SMARTS) is 1. The molecule has 2 fully saturated rings. The van der Waals surface area contributed by atoms with Crippen LogP contribution < -0.4 is 4.74 Å². The Hall–Kier alpha value is -2.04. The van der Waals surface area contributed by atoms with E-state index in [0.717, 1.165) is 30.6 Å². The minimum Gasteiger partial charge on any atom is -0.497 e. The van der Waals surface area contributed by atoms with E-state index in [4.69, 9.17) is 9.84 Å². The van der Waals surface area contributed by atoms with E-state index >= 15 is 0 Å². The Balaban J connectivity index is 1.55. The Kier molecular flexibility index (Phi) is 3.81. The first-order chi connectivity index (χ1) is 10.5. The van der Waals surface area contributed by atoms with E-state index in [0.29, 0.717) is 19.5 Å². The summed E-state index contributed by atoms with van der Waals surface area (Å²) in [6.07, 6.45) is 2.77. The summed E-state index contributed by atoms with van der Waals surface area (Å²) in [5.41, 5.74) is 0.915. The Morgan fingerprint density at radius 1 is 1.36 bits per heavy atom. The average Bonchev–Trinajstić information content (AvgIpc) is 3.22. The van der Waals surface area contributed by atoms with Gasteiger partial charge < -0.3 is 14.7 Å². The lowest BCUT2D eigenvalue weighted by Gasteiger charge is -2.32. The molecule has 0 bridgehead atoms. The number of carboxylic acids is 1. The van der Waals surface area contributed by atoms with Gasteiger partial charge in [-0.2, -0.15) is 0 Å². The third kappa shape index (κ3) is 2.80. The average molecular weight is 303 g/mol. The molecular formula is C17H21NO4. The van der Waals surface area contributed by atoms with Gasteiger partial charge in [0.05, 0.1) is 19.4 Å². The number of likely N-dealkylation sites (tertiary alicyclic amines) is 1. The van der Waals surface area contributed by atoms with Crippen molar-refractivity contribution >= 4 is 11.9 Å². The third-order valence-electron chi connectivity index (χ3n) is 5.09. The number of carbonyl (C=O) groups is 2. The van der Waals surface area contributed by atoms with Gasteiger partial charge in [0.2, 0.25) is 5.91 Å². The summed E-state index contributed by atoms with van der Waals surface area (Å²) >= 11 is 0. The zero-order valence-corrected chi connectivity index (χ0v) is 12.7. The maximum Gasteiger partial charge on any atom is 0.307 e. The van der Waals surface area contributed by atoms with Crippen LogP contribution in [0.2, 0.25) is 0 Å². The number of aliphatic carboxylic acids is 1. The molecule has 1 aliphatic carbocycles. The van der Waals surface area contributed by atoms with Crippen LogP contribution in [0.15, 0.2) is 24.3 Å². The SMILES string of the molecule is COc1cccc(CC(=O)N2CCC3(CC2)CC3C(=O)O)c1. The number of piperidine rings is 1. The van der Waals surface area contributed by atoms with Crippen molar-refractivity contribution in [3.63, 3.8) is 0 Å². The van der Waals surface area contributed by atoms with Gasteiger partial charge in [0, 0.05) is 13.1 Å². The molecule has 2 aliphatic rings. The van der Waals surface area contributed by atoms with Gasteiger partial charge in [0.25, 0.3) is 0 Å². The molecule has 1 saturated carbocycles. The molecule has 1 aromatic rings. The highest BCUT2D eigenvalue weighted by molar-refractivity contribution is 5.79. The van der Waals surface area contributed by atoms with Crippen LogP contribution in [0.3, 0.4) is 0 Å². The zero-order valence-electron chi connectivity index (χ0n) is 12.7. The Bertz CT molecular complexity index is 590. The molecule has 1 amide bonds. The largest absolute Gasteiger partial charge is 0.497 e. The molecule has 1 heterocycles. The lowest BCUT2D eigenvalue weighted by molar-refractivity contribution is -0.139. The van der Waals surface area contributed by atoms with Gasteiger partial charge in [-0.15, -0.1) is 0 Å². The van der Waals surface area contributed by atoms with E-state index in [9.17, 15) is 9.59 Å². The predicted molar refractivity (Wildman–Crippen MR) is 80.7 cm³/mol. The molecule has 1 unspecified atom stereocenters. The summed E-state index contributed by atoms with van der Waals surface area (Å²) < 4.78 is 5.17. The highest BCUT2D eigenvalue weighted by Crippen LogP contribution is 2.59. The maximum atomic E-state index is 12.4. The lowest BCUT2D eigenvalue weighted by Crippen LogP contribution is -2.40. The summed E-state index contributed by atoms with van der Waals surface area (Å²) in [6.45, 7) is 1.35. The molecule has 118 valence electrons. The van der Waals surface area contributed by atoms with E-state index in [1.165, 1.54) is 0 Å². The first kappa shape index (κ1) is 14.9. The molecule has 22 heavy (non-hydrogen) atoms. The Morgan fingerprint density at radius 3 is 2.68 bits per heavy atom. The number of ether oxygens (including phenoxy) is 1. The fraction of sp³-hybridized carbons (Fsp3) is 0.529. The van der Waals surface area contributed by atoms with Crippen molar-refractivity contribution in [2.45, 2.75) is 25.7 Å². The Morgan fingerprint density at radius 2 is 2.09 bits per heavy atom. The van der Waals surface area contributed by atoms with Gasteiger partial charge >= 0.3 is 5.97 Å². The van der Waals surface area contributed by atoms with Crippen molar-refractivity contribution in [2.24, 2.45) is 11.3 Å². The van der Waals surface area contributed by atoms with Gasteiger partial charge in [-0.05, 0) is 42.4 Å². The number of methoxy groups -OCH3 is 1. The topological polar surface area (TPSA) is 66.8 Å². The minimum atomic E-state index is -0.684. The number of nitrogens with zero attached hydrogens (tertiary/aromatic N) is 1. The second-order valence-electron chi connectivity index (χ2n) is 6.37. The van der Waals surface area contributed by atoms with E-state index in [1.54, 1.807) is 7.11 Å². The lowest BCUT2D eigenvalue weighted by atomic mass is 9.90. The molecule has 5 nitrogen and oxygen atoms in total. The molecule has 1 aromatic carbocycles. The first-order valence-electron chi connectivity index (χ1n) is 7.68. The second-order valence-corrected chi connectivity index (χ2v) is 6.37. The number of rotatable bonds is 4. The monoisotopic (exact) mass is 303 g/mol. The van der Waals surface area contributed by atoms with Crippen LogP contribution in [0, 0.1) is 11.3 Å². The van der Waals surface area contributed by atoms with Crippen LogP contribution in [0.1, 0.15) is 24.8 Å². The van der Waals surface area contributed by atoms with Crippen LogP contribution in [-0.2, 0) is 16.0 Å². The smallest absolute Gasteiger partial charge is 0.307 e. The van der Waals surface area contributed by atoms with Gasteiger partial charge in [0.15, 0.2) is 0 Å². The van der Waals surface area contributed by atoms with E-state index in [-0.39, 0.29) is 17.2 Å². The van der Waals surface area contributed by atoms with Gasteiger partial charge in [-0.3, -0.25) is 9.59 Å². The number of hydrogen-bond acceptors (Lipinski definition) is 3. The van der Waals surface area contributed by atoms with Gasteiger partial charge in [-0.1, -0.05) is 12.1 Å². The maximum absolute atomic E-state index is 12.4. The van der Waals surface area contributed by atoms with Crippen molar-refractivity contribution in [3.05, 3.63) is 29.8 Å². The van der Waals surface area contributed by atoms with Crippen molar-refractivity contribution in [1.29, 1.82) is 0 Å². The first-order valence-corrected chi connectivity index (χ1v) is 7.68. The number of benzene rings is 1. The van der Waals surface area contributed by atoms with Crippen molar-refractivity contribution in [2.75, 3.05) is 20.2 Å². The van der Waals surface area contributed by atoms with Crippen LogP contribution in [0.5, 0.6) is 5.75 Å². The fourth-order valence-corrected chi connectivity index (χ4v) is 3.52. The molecule has 1 N–H and O–H groups in total. The Labute approximate surface area is 129 Å². The molecule has 0 aromatic heterocycles. The van der Waals surface area contributed by atoms with E-state index in [2.05, 4.69) is 0 Å². The molecular weight excluding hydrogens is 282 g/mol. The summed E-state index contributed by atoms with van der Waals surface area (Å²) in [5, 5.41) is 9.10. The highest BCUT2D eigenvalue weighted by Gasteiger charge is 2.59. The summed E-state index contributed by atoms with van der Waals surface area (Å²) in [5.74, 6) is -0.0138. The number of hydrogen-bond donors (Lipinski definition) is 1. The molecule has 5 heteroatoms. The number of amides is 1. The molecule has 1 atom stereocenters. The zero-order chi connectivity index (χ0) is 15.7. The van der Waals surface area contributed by atoms with Gasteiger partial charge in [0.1, 0.15) is 5.75 Å². The summed E-state index contributed by atoms with van der Waals surface area (Å²) in [4.78, 5) is 25.3. The van der Waals surface area contributed by atoms with Crippen LogP contribution in [-0.4, -0.2) is 42.1 Å². The van der Waals surface area contributed by atoms with Crippen molar-refractivity contribution in [1.82, 2.24) is 4.90 Å². The third-order valence-corrected chi connectivity index (χ3v) is 5.09. The highest BCUT2D eigenvalue weighted by atomic mass is 16.5. The number of carbonyl (C=O) groups excluding carboxylic acids is 1. The molecule has 0 radical (unpaired) electrons. The summed E-state index contributed by atoms with van der Waals surface area (Å²) in [7, 11) is 1.61. The van der Waals surface area contributed by atoms with Crippen molar-refractivity contribution < 1.29 is 19.4 Å². The molecule has 3 rings (SSSR count).